The third-order valence-electron chi connectivity index (χ3n) is 2.43. The average molecular weight is 267 g/mol. The molecule has 0 aliphatic carbocycles. The number of hydrogen-bond acceptors (Lipinski definition) is 4. The van der Waals surface area contributed by atoms with Crippen molar-refractivity contribution in [2.24, 2.45) is 0 Å². The molecule has 6 heteroatoms. The summed E-state index contributed by atoms with van der Waals surface area (Å²) in [7, 11) is -3.55. The monoisotopic (exact) mass is 267 g/mol. The standard InChI is InChI=1S/C12H13NO4S/c14-9-10-3-5-12(6-4-10)18(15,16)13-8-11-2-1-7-17-11/h1-7,13-14H,8-9H2. The van der Waals surface area contributed by atoms with Crippen LogP contribution >= 0.6 is 0 Å². The van der Waals surface area contributed by atoms with E-state index in [1.165, 1.54) is 18.4 Å². The van der Waals surface area contributed by atoms with Crippen LogP contribution in [-0.2, 0) is 23.2 Å². The summed E-state index contributed by atoms with van der Waals surface area (Å²) in [4.78, 5) is 0.159. The van der Waals surface area contributed by atoms with Crippen molar-refractivity contribution in [1.29, 1.82) is 0 Å². The van der Waals surface area contributed by atoms with Crippen molar-refractivity contribution >= 4 is 10.0 Å². The van der Waals surface area contributed by atoms with Crippen LogP contribution in [0.3, 0.4) is 0 Å². The molecule has 0 saturated carbocycles. The molecule has 0 bridgehead atoms. The van der Waals surface area contributed by atoms with Gasteiger partial charge in [-0.05, 0) is 29.8 Å². The summed E-state index contributed by atoms with van der Waals surface area (Å²) in [5.41, 5.74) is 0.667. The van der Waals surface area contributed by atoms with Crippen LogP contribution in [-0.4, -0.2) is 13.5 Å². The van der Waals surface area contributed by atoms with E-state index in [9.17, 15) is 8.42 Å². The van der Waals surface area contributed by atoms with Gasteiger partial charge in [-0.25, -0.2) is 13.1 Å². The second-order valence-electron chi connectivity index (χ2n) is 3.71. The first-order valence-corrected chi connectivity index (χ1v) is 6.82. The molecule has 0 fully saturated rings. The Morgan fingerprint density at radius 1 is 1.17 bits per heavy atom. The maximum atomic E-state index is 11.9. The largest absolute Gasteiger partial charge is 0.468 e. The van der Waals surface area contributed by atoms with Gasteiger partial charge in [0.1, 0.15) is 5.76 Å². The molecular weight excluding hydrogens is 254 g/mol. The van der Waals surface area contributed by atoms with Crippen LogP contribution in [0.5, 0.6) is 0 Å². The summed E-state index contributed by atoms with van der Waals surface area (Å²) in [5, 5.41) is 8.88. The van der Waals surface area contributed by atoms with Crippen LogP contribution in [0.1, 0.15) is 11.3 Å². The molecular formula is C12H13NO4S. The van der Waals surface area contributed by atoms with Crippen LogP contribution in [0.4, 0.5) is 0 Å². The Hall–Kier alpha value is -1.63. The lowest BCUT2D eigenvalue weighted by molar-refractivity contribution is 0.282. The maximum absolute atomic E-state index is 11.9. The Kier molecular flexibility index (Phi) is 3.81. The molecule has 0 aliphatic rings. The third-order valence-corrected chi connectivity index (χ3v) is 3.85. The summed E-state index contributed by atoms with van der Waals surface area (Å²) in [6.07, 6.45) is 1.49. The topological polar surface area (TPSA) is 79.5 Å². The number of sulfonamides is 1. The van der Waals surface area contributed by atoms with E-state index in [1.807, 2.05) is 0 Å². The minimum absolute atomic E-state index is 0.108. The van der Waals surface area contributed by atoms with E-state index < -0.39 is 10.0 Å². The summed E-state index contributed by atoms with van der Waals surface area (Å²) in [6.45, 7) is -0.00274. The molecule has 0 amide bonds. The number of nitrogens with one attached hydrogen (secondary N) is 1. The zero-order valence-corrected chi connectivity index (χ0v) is 10.4. The molecule has 0 aliphatic heterocycles. The van der Waals surface area contributed by atoms with E-state index in [0.717, 1.165) is 0 Å². The molecule has 0 atom stereocenters. The van der Waals surface area contributed by atoms with E-state index in [-0.39, 0.29) is 18.0 Å². The van der Waals surface area contributed by atoms with Gasteiger partial charge in [0, 0.05) is 0 Å². The highest BCUT2D eigenvalue weighted by molar-refractivity contribution is 7.89. The predicted octanol–water partition coefficient (Wildman–Crippen LogP) is 1.25. The molecule has 2 N–H and O–H groups in total. The molecule has 0 unspecified atom stereocenters. The first-order valence-electron chi connectivity index (χ1n) is 5.34. The molecule has 1 aromatic heterocycles. The molecule has 0 saturated heterocycles. The molecule has 0 radical (unpaired) electrons. The number of rotatable bonds is 5. The van der Waals surface area contributed by atoms with E-state index >= 15 is 0 Å². The lowest BCUT2D eigenvalue weighted by atomic mass is 10.2. The summed E-state index contributed by atoms with van der Waals surface area (Å²) in [5.74, 6) is 0.547. The summed E-state index contributed by atoms with van der Waals surface area (Å²) >= 11 is 0. The molecule has 0 spiro atoms. The van der Waals surface area contributed by atoms with E-state index in [0.29, 0.717) is 11.3 Å². The fourth-order valence-corrected chi connectivity index (χ4v) is 2.43. The lowest BCUT2D eigenvalue weighted by Crippen LogP contribution is -2.22. The minimum atomic E-state index is -3.55. The molecule has 1 heterocycles. The predicted molar refractivity (Wildman–Crippen MR) is 65.1 cm³/mol. The number of hydrogen-bond donors (Lipinski definition) is 2. The minimum Gasteiger partial charge on any atom is -0.468 e. The second-order valence-corrected chi connectivity index (χ2v) is 5.47. The Morgan fingerprint density at radius 3 is 2.44 bits per heavy atom. The van der Waals surface area contributed by atoms with Gasteiger partial charge in [0.15, 0.2) is 0 Å². The fourth-order valence-electron chi connectivity index (χ4n) is 1.44. The van der Waals surface area contributed by atoms with Crippen molar-refractivity contribution in [3.8, 4) is 0 Å². The van der Waals surface area contributed by atoms with Gasteiger partial charge in [0.05, 0.1) is 24.3 Å². The van der Waals surface area contributed by atoms with Gasteiger partial charge in [0.2, 0.25) is 10.0 Å². The van der Waals surface area contributed by atoms with Crippen molar-refractivity contribution in [1.82, 2.24) is 4.72 Å². The van der Waals surface area contributed by atoms with Crippen LogP contribution in [0.2, 0.25) is 0 Å². The van der Waals surface area contributed by atoms with E-state index in [2.05, 4.69) is 4.72 Å². The second kappa shape index (κ2) is 5.34. The normalized spacial score (nSPS) is 11.6. The first-order chi connectivity index (χ1) is 8.62. The summed E-state index contributed by atoms with van der Waals surface area (Å²) in [6, 6.07) is 9.44. The molecule has 2 rings (SSSR count). The highest BCUT2D eigenvalue weighted by Gasteiger charge is 2.13. The Morgan fingerprint density at radius 2 is 1.89 bits per heavy atom. The van der Waals surface area contributed by atoms with Gasteiger partial charge in [-0.3, -0.25) is 0 Å². The summed E-state index contributed by atoms with van der Waals surface area (Å²) < 4.78 is 31.3. The van der Waals surface area contributed by atoms with Gasteiger partial charge in [0.25, 0.3) is 0 Å². The van der Waals surface area contributed by atoms with Crippen molar-refractivity contribution in [3.63, 3.8) is 0 Å². The van der Waals surface area contributed by atoms with Crippen LogP contribution in [0, 0.1) is 0 Å². The van der Waals surface area contributed by atoms with Crippen molar-refractivity contribution in [3.05, 3.63) is 54.0 Å². The van der Waals surface area contributed by atoms with Crippen molar-refractivity contribution < 1.29 is 17.9 Å². The smallest absolute Gasteiger partial charge is 0.240 e. The number of benzene rings is 1. The molecule has 1 aromatic carbocycles. The van der Waals surface area contributed by atoms with Crippen LogP contribution in [0.15, 0.2) is 52.0 Å². The maximum Gasteiger partial charge on any atom is 0.240 e. The van der Waals surface area contributed by atoms with Crippen molar-refractivity contribution in [2.45, 2.75) is 18.0 Å². The van der Waals surface area contributed by atoms with E-state index in [4.69, 9.17) is 9.52 Å². The Labute approximate surface area is 105 Å². The SMILES string of the molecule is O=S(=O)(NCc1ccco1)c1ccc(CO)cc1. The van der Waals surface area contributed by atoms with Gasteiger partial charge >= 0.3 is 0 Å². The van der Waals surface area contributed by atoms with Crippen molar-refractivity contribution in [2.75, 3.05) is 0 Å². The highest BCUT2D eigenvalue weighted by atomic mass is 32.2. The molecule has 5 nitrogen and oxygen atoms in total. The molecule has 96 valence electrons. The fraction of sp³-hybridized carbons (Fsp3) is 0.167. The first kappa shape index (κ1) is 12.8. The highest BCUT2D eigenvalue weighted by Crippen LogP contribution is 2.11. The number of aliphatic hydroxyl groups is 1. The van der Waals surface area contributed by atoms with Crippen LogP contribution in [0.25, 0.3) is 0 Å². The number of aliphatic hydroxyl groups excluding tert-OH is 1. The van der Waals surface area contributed by atoms with Gasteiger partial charge < -0.3 is 9.52 Å². The third kappa shape index (κ3) is 2.98. The van der Waals surface area contributed by atoms with Gasteiger partial charge in [-0.2, -0.15) is 0 Å². The van der Waals surface area contributed by atoms with Gasteiger partial charge in [-0.1, -0.05) is 12.1 Å². The van der Waals surface area contributed by atoms with Crippen LogP contribution < -0.4 is 4.72 Å². The van der Waals surface area contributed by atoms with Gasteiger partial charge in [-0.15, -0.1) is 0 Å². The Bertz CT molecular complexity index is 588. The molecule has 2 aromatic rings. The molecule has 18 heavy (non-hydrogen) atoms. The Balaban J connectivity index is 2.09. The zero-order chi connectivity index (χ0) is 13.0. The number of furan rings is 1. The quantitative estimate of drug-likeness (QED) is 0.854. The average Bonchev–Trinajstić information content (AvgIpc) is 2.90. The van der Waals surface area contributed by atoms with E-state index in [1.54, 1.807) is 24.3 Å². The zero-order valence-electron chi connectivity index (χ0n) is 9.54. The lowest BCUT2D eigenvalue weighted by Gasteiger charge is -2.05.